The van der Waals surface area contributed by atoms with E-state index in [0.29, 0.717) is 0 Å². The van der Waals surface area contributed by atoms with Crippen molar-refractivity contribution in [2.75, 3.05) is 13.6 Å². The summed E-state index contributed by atoms with van der Waals surface area (Å²) >= 11 is 4.67. The Balaban J connectivity index is 2.95. The number of phenols is 2. The second kappa shape index (κ2) is 4.80. The zero-order chi connectivity index (χ0) is 12.3. The maximum atomic E-state index is 11.8. The van der Waals surface area contributed by atoms with Crippen molar-refractivity contribution < 1.29 is 15.0 Å². The zero-order valence-electron chi connectivity index (χ0n) is 8.67. The van der Waals surface area contributed by atoms with Gasteiger partial charge in [-0.05, 0) is 18.2 Å². The highest BCUT2D eigenvalue weighted by Crippen LogP contribution is 2.23. The number of aromatic hydroxyl groups is 2. The molecule has 1 aromatic rings. The predicted molar refractivity (Wildman–Crippen MR) is 63.5 cm³/mol. The van der Waals surface area contributed by atoms with Crippen LogP contribution in [0.15, 0.2) is 18.2 Å². The van der Waals surface area contributed by atoms with E-state index >= 15 is 0 Å². The summed E-state index contributed by atoms with van der Waals surface area (Å²) < 4.78 is 0. The average molecular weight is 240 g/mol. The van der Waals surface area contributed by atoms with Crippen molar-refractivity contribution in [2.24, 2.45) is 5.73 Å². The largest absolute Gasteiger partial charge is 0.508 e. The first-order valence-electron chi connectivity index (χ1n) is 4.47. The molecule has 0 unspecified atom stereocenters. The summed E-state index contributed by atoms with van der Waals surface area (Å²) in [6.45, 7) is 0.114. The molecule has 0 heterocycles. The molecule has 1 aromatic carbocycles. The molecule has 0 aliphatic carbocycles. The molecule has 0 aromatic heterocycles. The Morgan fingerprint density at radius 1 is 1.50 bits per heavy atom. The van der Waals surface area contributed by atoms with Crippen LogP contribution in [0.2, 0.25) is 0 Å². The number of carbonyl (C=O) groups excluding carboxylic acids is 1. The summed E-state index contributed by atoms with van der Waals surface area (Å²) in [6, 6.07) is 3.73. The number of thiocarbonyl (C=S) groups is 1. The average Bonchev–Trinajstić information content (AvgIpc) is 2.19. The molecule has 1 rings (SSSR count). The Labute approximate surface area is 98.1 Å². The predicted octanol–water partition coefficient (Wildman–Crippen LogP) is 0.456. The maximum absolute atomic E-state index is 11.8. The number of benzene rings is 1. The van der Waals surface area contributed by atoms with Gasteiger partial charge in [0.2, 0.25) is 0 Å². The van der Waals surface area contributed by atoms with E-state index in [-0.39, 0.29) is 28.6 Å². The van der Waals surface area contributed by atoms with Crippen LogP contribution in [0.5, 0.6) is 11.5 Å². The molecule has 0 radical (unpaired) electrons. The van der Waals surface area contributed by atoms with Gasteiger partial charge in [-0.1, -0.05) is 12.2 Å². The van der Waals surface area contributed by atoms with Gasteiger partial charge in [-0.15, -0.1) is 0 Å². The molecule has 86 valence electrons. The quantitative estimate of drug-likeness (QED) is 0.527. The number of likely N-dealkylation sites (N-methyl/N-ethyl adjacent to an activating group) is 1. The maximum Gasteiger partial charge on any atom is 0.257 e. The van der Waals surface area contributed by atoms with Gasteiger partial charge in [0, 0.05) is 7.05 Å². The molecule has 0 fully saturated rings. The van der Waals surface area contributed by atoms with E-state index < -0.39 is 5.91 Å². The summed E-state index contributed by atoms with van der Waals surface area (Å²) in [7, 11) is 1.50. The van der Waals surface area contributed by atoms with Gasteiger partial charge in [0.25, 0.3) is 5.91 Å². The number of nitrogens with two attached hydrogens (primary N) is 1. The van der Waals surface area contributed by atoms with Gasteiger partial charge in [0.15, 0.2) is 0 Å². The van der Waals surface area contributed by atoms with E-state index in [9.17, 15) is 15.0 Å². The number of amides is 1. The van der Waals surface area contributed by atoms with Crippen molar-refractivity contribution in [1.82, 2.24) is 4.90 Å². The van der Waals surface area contributed by atoms with Gasteiger partial charge in [0.05, 0.1) is 17.1 Å². The first kappa shape index (κ1) is 12.3. The lowest BCUT2D eigenvalue weighted by molar-refractivity contribution is 0.0811. The Morgan fingerprint density at radius 3 is 2.69 bits per heavy atom. The highest BCUT2D eigenvalue weighted by atomic mass is 32.1. The van der Waals surface area contributed by atoms with Gasteiger partial charge in [-0.3, -0.25) is 4.79 Å². The van der Waals surface area contributed by atoms with E-state index in [1.165, 1.54) is 30.1 Å². The molecule has 5 nitrogen and oxygen atoms in total. The first-order valence-corrected chi connectivity index (χ1v) is 4.88. The summed E-state index contributed by atoms with van der Waals surface area (Å²) in [5.41, 5.74) is 5.32. The van der Waals surface area contributed by atoms with Gasteiger partial charge in [-0.25, -0.2) is 0 Å². The number of rotatable bonds is 3. The fourth-order valence-corrected chi connectivity index (χ4v) is 1.40. The Bertz CT molecular complexity index is 434. The third-order valence-electron chi connectivity index (χ3n) is 1.95. The van der Waals surface area contributed by atoms with Crippen molar-refractivity contribution >= 4 is 23.1 Å². The molecule has 0 bridgehead atoms. The van der Waals surface area contributed by atoms with Crippen LogP contribution >= 0.6 is 12.2 Å². The molecule has 16 heavy (non-hydrogen) atoms. The number of hydrogen-bond acceptors (Lipinski definition) is 4. The molecule has 1 amide bonds. The van der Waals surface area contributed by atoms with Gasteiger partial charge in [-0.2, -0.15) is 0 Å². The monoisotopic (exact) mass is 240 g/mol. The molecule has 0 saturated heterocycles. The standard InChI is InChI=1S/C10H12N2O3S/c1-12(5-9(11)16)10(15)7-4-6(13)2-3-8(7)14/h2-4,13-14H,5H2,1H3,(H2,11,16). The van der Waals surface area contributed by atoms with Crippen LogP contribution in [0.25, 0.3) is 0 Å². The molecule has 0 aliphatic rings. The number of carbonyl (C=O) groups is 1. The van der Waals surface area contributed by atoms with Crippen LogP contribution < -0.4 is 5.73 Å². The number of hydrogen-bond donors (Lipinski definition) is 3. The van der Waals surface area contributed by atoms with E-state index in [1.807, 2.05) is 0 Å². The summed E-state index contributed by atoms with van der Waals surface area (Å²) in [6.07, 6.45) is 0. The molecule has 0 atom stereocenters. The molecular formula is C10H12N2O3S. The smallest absolute Gasteiger partial charge is 0.257 e. The van der Waals surface area contributed by atoms with Gasteiger partial charge < -0.3 is 20.8 Å². The second-order valence-electron chi connectivity index (χ2n) is 3.33. The minimum absolute atomic E-state index is 0.0127. The third kappa shape index (κ3) is 2.83. The van der Waals surface area contributed by atoms with Crippen LogP contribution in [-0.2, 0) is 0 Å². The van der Waals surface area contributed by atoms with Crippen LogP contribution in [0, 0.1) is 0 Å². The van der Waals surface area contributed by atoms with Crippen molar-refractivity contribution in [3.8, 4) is 11.5 Å². The Morgan fingerprint density at radius 2 is 2.12 bits per heavy atom. The fraction of sp³-hybridized carbons (Fsp3) is 0.200. The summed E-state index contributed by atoms with van der Waals surface area (Å²) in [5.74, 6) is -0.747. The molecule has 0 saturated carbocycles. The van der Waals surface area contributed by atoms with E-state index in [0.717, 1.165) is 0 Å². The van der Waals surface area contributed by atoms with Crippen LogP contribution in [0.4, 0.5) is 0 Å². The Kier molecular flexibility index (Phi) is 3.68. The van der Waals surface area contributed by atoms with Crippen LogP contribution in [0.3, 0.4) is 0 Å². The molecule has 0 spiro atoms. The van der Waals surface area contributed by atoms with Crippen LogP contribution in [-0.4, -0.2) is 39.6 Å². The van der Waals surface area contributed by atoms with Crippen LogP contribution in [0.1, 0.15) is 10.4 Å². The van der Waals surface area contributed by atoms with Crippen molar-refractivity contribution in [3.63, 3.8) is 0 Å². The molecular weight excluding hydrogens is 228 g/mol. The lowest BCUT2D eigenvalue weighted by atomic mass is 10.1. The lowest BCUT2D eigenvalue weighted by Gasteiger charge is -2.16. The van der Waals surface area contributed by atoms with Crippen molar-refractivity contribution in [1.29, 1.82) is 0 Å². The number of phenolic OH excluding ortho intramolecular Hbond substituents is 2. The van der Waals surface area contributed by atoms with E-state index in [4.69, 9.17) is 5.73 Å². The topological polar surface area (TPSA) is 86.8 Å². The highest BCUT2D eigenvalue weighted by Gasteiger charge is 2.16. The van der Waals surface area contributed by atoms with E-state index in [1.54, 1.807) is 0 Å². The minimum Gasteiger partial charge on any atom is -0.508 e. The van der Waals surface area contributed by atoms with Crippen molar-refractivity contribution in [3.05, 3.63) is 23.8 Å². The summed E-state index contributed by atoms with van der Waals surface area (Å²) in [5, 5.41) is 18.7. The SMILES string of the molecule is CN(CC(N)=S)C(=O)c1cc(O)ccc1O. The third-order valence-corrected chi connectivity index (χ3v) is 2.08. The zero-order valence-corrected chi connectivity index (χ0v) is 9.49. The fourth-order valence-electron chi connectivity index (χ4n) is 1.21. The summed E-state index contributed by atoms with van der Waals surface area (Å²) in [4.78, 5) is 13.2. The minimum atomic E-state index is -0.457. The number of nitrogens with zero attached hydrogens (tertiary/aromatic N) is 1. The lowest BCUT2D eigenvalue weighted by Crippen LogP contribution is -2.34. The molecule has 6 heteroatoms. The molecule has 4 N–H and O–H groups in total. The van der Waals surface area contributed by atoms with Gasteiger partial charge >= 0.3 is 0 Å². The van der Waals surface area contributed by atoms with E-state index in [2.05, 4.69) is 12.2 Å². The highest BCUT2D eigenvalue weighted by molar-refractivity contribution is 7.80. The van der Waals surface area contributed by atoms with Gasteiger partial charge in [0.1, 0.15) is 11.5 Å². The molecule has 0 aliphatic heterocycles. The van der Waals surface area contributed by atoms with Crippen molar-refractivity contribution in [2.45, 2.75) is 0 Å². The second-order valence-corrected chi connectivity index (χ2v) is 3.85. The first-order chi connectivity index (χ1) is 7.41. The normalized spacial score (nSPS) is 9.81. The Hall–Kier alpha value is -1.82.